The van der Waals surface area contributed by atoms with Crippen LogP contribution >= 0.6 is 0 Å². The summed E-state index contributed by atoms with van der Waals surface area (Å²) in [4.78, 5) is 16.0. The van der Waals surface area contributed by atoms with Crippen LogP contribution in [0.25, 0.3) is 22.5 Å². The van der Waals surface area contributed by atoms with Gasteiger partial charge in [0.15, 0.2) is 0 Å². The zero-order valence-electron chi connectivity index (χ0n) is 18.9. The van der Waals surface area contributed by atoms with E-state index < -0.39 is 0 Å². The molecule has 33 heavy (non-hydrogen) atoms. The van der Waals surface area contributed by atoms with Crippen LogP contribution in [0.3, 0.4) is 0 Å². The summed E-state index contributed by atoms with van der Waals surface area (Å²) < 4.78 is 1.93. The molecule has 0 amide bonds. The molecule has 1 aliphatic rings. The Morgan fingerprint density at radius 1 is 1.09 bits per heavy atom. The molecule has 0 radical (unpaired) electrons. The minimum atomic E-state index is 0.200. The summed E-state index contributed by atoms with van der Waals surface area (Å²) in [6.45, 7) is 5.67. The molecule has 0 unspecified atom stereocenters. The van der Waals surface area contributed by atoms with Crippen molar-refractivity contribution in [2.24, 2.45) is 0 Å². The largest absolute Gasteiger partial charge is 0.395 e. The third kappa shape index (κ3) is 4.69. The van der Waals surface area contributed by atoms with Crippen LogP contribution in [0.15, 0.2) is 61.2 Å². The smallest absolute Gasteiger partial charge is 0.133 e. The molecule has 1 N–H and O–H groups in total. The van der Waals surface area contributed by atoms with Crippen molar-refractivity contribution in [3.8, 4) is 22.5 Å². The van der Waals surface area contributed by atoms with Crippen LogP contribution in [0, 0.1) is 0 Å². The fraction of sp³-hybridized carbons (Fsp3) is 0.308. The number of aromatic nitrogens is 5. The van der Waals surface area contributed by atoms with Gasteiger partial charge in [0, 0.05) is 68.5 Å². The van der Waals surface area contributed by atoms with Crippen molar-refractivity contribution in [1.82, 2.24) is 29.6 Å². The second-order valence-corrected chi connectivity index (χ2v) is 8.38. The Hall–Kier alpha value is -3.42. The summed E-state index contributed by atoms with van der Waals surface area (Å²) in [6, 6.07) is 12.6. The first-order valence-corrected chi connectivity index (χ1v) is 11.5. The predicted molar refractivity (Wildman–Crippen MR) is 127 cm³/mol. The lowest BCUT2D eigenvalue weighted by atomic mass is 9.96. The van der Waals surface area contributed by atoms with Crippen molar-refractivity contribution in [1.29, 1.82) is 0 Å². The van der Waals surface area contributed by atoms with E-state index >= 15 is 0 Å². The van der Waals surface area contributed by atoms with Gasteiger partial charge >= 0.3 is 0 Å². The molecule has 7 heteroatoms. The summed E-state index contributed by atoms with van der Waals surface area (Å²) in [5.41, 5.74) is 7.65. The van der Waals surface area contributed by atoms with Crippen molar-refractivity contribution >= 4 is 0 Å². The molecule has 4 heterocycles. The minimum absolute atomic E-state index is 0.200. The molecule has 1 aromatic carbocycles. The summed E-state index contributed by atoms with van der Waals surface area (Å²) in [6.07, 6.45) is 9.18. The van der Waals surface area contributed by atoms with Gasteiger partial charge in [-0.25, -0.2) is 9.97 Å². The van der Waals surface area contributed by atoms with E-state index in [2.05, 4.69) is 40.0 Å². The predicted octanol–water partition coefficient (Wildman–Crippen LogP) is 3.36. The van der Waals surface area contributed by atoms with Crippen LogP contribution in [0.1, 0.15) is 29.4 Å². The van der Waals surface area contributed by atoms with Crippen LogP contribution in [-0.4, -0.2) is 54.4 Å². The number of hydrogen-bond acceptors (Lipinski definition) is 6. The molecule has 0 spiro atoms. The number of aliphatic hydroxyl groups is 1. The van der Waals surface area contributed by atoms with E-state index in [0.717, 1.165) is 60.9 Å². The average Bonchev–Trinajstić information content (AvgIpc) is 3.30. The normalized spacial score (nSPS) is 13.8. The molecule has 4 aromatic rings. The lowest BCUT2D eigenvalue weighted by Gasteiger charge is -2.28. The third-order valence-corrected chi connectivity index (χ3v) is 6.14. The van der Waals surface area contributed by atoms with Gasteiger partial charge in [0.05, 0.1) is 12.3 Å². The van der Waals surface area contributed by atoms with Crippen LogP contribution in [-0.2, 0) is 25.9 Å². The van der Waals surface area contributed by atoms with Gasteiger partial charge in [0.1, 0.15) is 11.5 Å². The van der Waals surface area contributed by atoms with E-state index in [1.54, 1.807) is 6.20 Å². The molecule has 5 rings (SSSR count). The maximum Gasteiger partial charge on any atom is 0.133 e. The molecule has 0 saturated carbocycles. The van der Waals surface area contributed by atoms with Gasteiger partial charge in [-0.2, -0.15) is 5.10 Å². The number of pyridine rings is 1. The van der Waals surface area contributed by atoms with E-state index in [-0.39, 0.29) is 6.61 Å². The molecule has 1 aliphatic heterocycles. The van der Waals surface area contributed by atoms with E-state index in [9.17, 15) is 5.11 Å². The van der Waals surface area contributed by atoms with Crippen molar-refractivity contribution in [2.45, 2.75) is 32.9 Å². The Bertz CT molecular complexity index is 1240. The molecule has 3 aromatic heterocycles. The first-order chi connectivity index (χ1) is 16.2. The van der Waals surface area contributed by atoms with Gasteiger partial charge in [-0.3, -0.25) is 14.6 Å². The molecule has 0 atom stereocenters. The highest BCUT2D eigenvalue weighted by atomic mass is 16.3. The molecule has 7 nitrogen and oxygen atoms in total. The summed E-state index contributed by atoms with van der Waals surface area (Å²) in [5, 5.41) is 14.0. The Balaban J connectivity index is 1.42. The lowest BCUT2D eigenvalue weighted by molar-refractivity contribution is 0.184. The number of hydrogen-bond donors (Lipinski definition) is 1. The number of aryl methyl sites for hydroxylation is 1. The Kier molecular flexibility index (Phi) is 6.24. The number of nitrogens with zero attached hydrogens (tertiary/aromatic N) is 6. The number of rotatable bonds is 7. The molecule has 0 bridgehead atoms. The van der Waals surface area contributed by atoms with Gasteiger partial charge in [-0.15, -0.1) is 0 Å². The number of β-amino-alcohol motifs (C(OH)–C–C–N with tert-alkyl or cyclic N) is 1. The fourth-order valence-corrected chi connectivity index (χ4v) is 4.41. The zero-order valence-corrected chi connectivity index (χ0v) is 18.9. The first kappa shape index (κ1) is 21.4. The van der Waals surface area contributed by atoms with Crippen molar-refractivity contribution < 1.29 is 5.11 Å². The maximum absolute atomic E-state index is 9.28. The van der Waals surface area contributed by atoms with Gasteiger partial charge in [0.2, 0.25) is 0 Å². The maximum atomic E-state index is 9.28. The van der Waals surface area contributed by atoms with E-state index in [1.165, 1.54) is 16.7 Å². The van der Waals surface area contributed by atoms with E-state index in [0.29, 0.717) is 6.42 Å². The molecular formula is C26H28N6O. The zero-order chi connectivity index (χ0) is 22.6. The van der Waals surface area contributed by atoms with Crippen LogP contribution in [0.5, 0.6) is 0 Å². The highest BCUT2D eigenvalue weighted by Crippen LogP contribution is 2.29. The van der Waals surface area contributed by atoms with Gasteiger partial charge in [-0.1, -0.05) is 18.2 Å². The average molecular weight is 441 g/mol. The summed E-state index contributed by atoms with van der Waals surface area (Å²) >= 11 is 0. The number of aliphatic hydroxyl groups excluding tert-OH is 1. The monoisotopic (exact) mass is 440 g/mol. The summed E-state index contributed by atoms with van der Waals surface area (Å²) in [7, 11) is 0. The second-order valence-electron chi connectivity index (χ2n) is 8.38. The summed E-state index contributed by atoms with van der Waals surface area (Å²) in [5.74, 6) is 0.789. The Morgan fingerprint density at radius 3 is 2.85 bits per heavy atom. The molecule has 168 valence electrons. The van der Waals surface area contributed by atoms with Crippen molar-refractivity contribution in [3.63, 3.8) is 0 Å². The SMILES string of the molecule is CCn1cc(-c2ccnc(Cc3ccc4c(c3)CN(CCO)CC4)n2)c(-c2cccnc2)n1. The topological polar surface area (TPSA) is 80.0 Å². The minimum Gasteiger partial charge on any atom is -0.395 e. The fourth-order valence-electron chi connectivity index (χ4n) is 4.41. The quantitative estimate of drug-likeness (QED) is 0.475. The third-order valence-electron chi connectivity index (χ3n) is 6.14. The second kappa shape index (κ2) is 9.60. The first-order valence-electron chi connectivity index (χ1n) is 11.5. The van der Waals surface area contributed by atoms with Gasteiger partial charge in [-0.05, 0) is 48.2 Å². The standard InChI is InChI=1S/C26H28N6O/c1-2-32-18-23(26(30-32)21-4-3-9-27-16-21)24-7-10-28-25(29-24)15-19-5-6-20-8-11-31(12-13-33)17-22(20)14-19/h3-7,9-10,14,16,18,33H,2,8,11-13,15,17H2,1H3. The molecule has 0 saturated heterocycles. The van der Waals surface area contributed by atoms with Crippen molar-refractivity contribution in [3.05, 3.63) is 83.7 Å². The van der Waals surface area contributed by atoms with E-state index in [4.69, 9.17) is 10.1 Å². The Labute approximate surface area is 193 Å². The lowest BCUT2D eigenvalue weighted by Crippen LogP contribution is -2.32. The van der Waals surface area contributed by atoms with Crippen molar-refractivity contribution in [2.75, 3.05) is 19.7 Å². The highest BCUT2D eigenvalue weighted by Gasteiger charge is 2.17. The van der Waals surface area contributed by atoms with Gasteiger partial charge < -0.3 is 5.11 Å². The van der Waals surface area contributed by atoms with E-state index in [1.807, 2.05) is 41.5 Å². The highest BCUT2D eigenvalue weighted by molar-refractivity contribution is 5.78. The number of benzene rings is 1. The molecule has 0 aliphatic carbocycles. The number of fused-ring (bicyclic) bond motifs is 1. The Morgan fingerprint density at radius 2 is 2.03 bits per heavy atom. The van der Waals surface area contributed by atoms with Crippen LogP contribution in [0.2, 0.25) is 0 Å². The van der Waals surface area contributed by atoms with Crippen LogP contribution in [0.4, 0.5) is 0 Å². The van der Waals surface area contributed by atoms with Crippen LogP contribution < -0.4 is 0 Å². The molecular weight excluding hydrogens is 412 g/mol. The van der Waals surface area contributed by atoms with Gasteiger partial charge in [0.25, 0.3) is 0 Å². The molecule has 0 fully saturated rings.